The van der Waals surface area contributed by atoms with E-state index in [9.17, 15) is 14.7 Å². The number of carbonyl (C=O) groups is 2. The van der Waals surface area contributed by atoms with Crippen LogP contribution >= 0.6 is 0 Å². The number of likely N-dealkylation sites (tertiary alicyclic amines) is 1. The number of hydrogen-bond acceptors (Lipinski definition) is 7. The highest BCUT2D eigenvalue weighted by Crippen LogP contribution is 2.45. The summed E-state index contributed by atoms with van der Waals surface area (Å²) < 4.78 is 18.1. The molecule has 3 aromatic rings. The van der Waals surface area contributed by atoms with Crippen molar-refractivity contribution in [3.05, 3.63) is 77.9 Å². The maximum atomic E-state index is 13.3. The van der Waals surface area contributed by atoms with Gasteiger partial charge in [-0.1, -0.05) is 12.1 Å². The van der Waals surface area contributed by atoms with Crippen LogP contribution in [-0.2, 0) is 16.1 Å². The Labute approximate surface area is 203 Å². The number of nitrogens with zero attached hydrogens (tertiary/aromatic N) is 3. The van der Waals surface area contributed by atoms with Crippen LogP contribution in [0.4, 0.5) is 0 Å². The zero-order valence-electron chi connectivity index (χ0n) is 19.8. The number of para-hydroxylation sites is 1. The second-order valence-corrected chi connectivity index (χ2v) is 7.96. The number of Topliss-reactive ketones (excluding diaryl/α,β-unsaturated/α-hetero) is 1. The fourth-order valence-electron chi connectivity index (χ4n) is 4.31. The van der Waals surface area contributed by atoms with E-state index in [1.807, 2.05) is 10.8 Å². The Hall–Kier alpha value is -4.27. The number of aliphatic hydroxyl groups excluding tert-OH is 1. The van der Waals surface area contributed by atoms with E-state index in [0.29, 0.717) is 41.3 Å². The molecule has 1 amide bonds. The molecule has 0 spiro atoms. The number of aliphatic hydroxyl groups is 1. The number of rotatable bonds is 9. The topological polar surface area (TPSA) is 103 Å². The molecule has 1 aliphatic rings. The zero-order valence-corrected chi connectivity index (χ0v) is 19.8. The van der Waals surface area contributed by atoms with E-state index >= 15 is 0 Å². The highest BCUT2D eigenvalue weighted by molar-refractivity contribution is 6.46. The van der Waals surface area contributed by atoms with E-state index in [1.165, 1.54) is 19.1 Å². The Morgan fingerprint density at radius 2 is 1.77 bits per heavy atom. The summed E-state index contributed by atoms with van der Waals surface area (Å²) in [5, 5.41) is 11.2. The first-order valence-electron chi connectivity index (χ1n) is 11.1. The van der Waals surface area contributed by atoms with Gasteiger partial charge in [0.1, 0.15) is 11.5 Å². The van der Waals surface area contributed by atoms with Gasteiger partial charge in [0.25, 0.3) is 11.7 Å². The number of ether oxygens (including phenoxy) is 3. The van der Waals surface area contributed by atoms with Gasteiger partial charge in [0.15, 0.2) is 11.5 Å². The summed E-state index contributed by atoms with van der Waals surface area (Å²) in [6, 6.07) is 11.0. The molecular weight excluding hydrogens is 450 g/mol. The van der Waals surface area contributed by atoms with Crippen molar-refractivity contribution in [1.29, 1.82) is 0 Å². The third kappa shape index (κ3) is 4.57. The zero-order chi connectivity index (χ0) is 24.9. The SMILES string of the molecule is COc1ccc(C(O)=C2C(=O)C(=O)N(CCCn3ccnc3)[C@H]2c2cccc(OC)c2OC)cc1. The predicted octanol–water partition coefficient (Wildman–Crippen LogP) is 3.42. The number of amides is 1. The van der Waals surface area contributed by atoms with E-state index < -0.39 is 17.7 Å². The van der Waals surface area contributed by atoms with Crippen LogP contribution in [0.3, 0.4) is 0 Å². The molecule has 0 saturated carbocycles. The summed E-state index contributed by atoms with van der Waals surface area (Å²) in [6.45, 7) is 0.899. The number of methoxy groups -OCH3 is 3. The van der Waals surface area contributed by atoms with Gasteiger partial charge in [-0.3, -0.25) is 9.59 Å². The summed E-state index contributed by atoms with van der Waals surface area (Å²) in [5.74, 6) is -0.248. The van der Waals surface area contributed by atoms with Gasteiger partial charge in [-0.05, 0) is 36.8 Å². The fraction of sp³-hybridized carbons (Fsp3) is 0.269. The Balaban J connectivity index is 1.80. The van der Waals surface area contributed by atoms with Gasteiger partial charge in [0.05, 0.1) is 39.3 Å². The molecule has 4 rings (SSSR count). The fourth-order valence-corrected chi connectivity index (χ4v) is 4.31. The van der Waals surface area contributed by atoms with Crippen LogP contribution in [0.2, 0.25) is 0 Å². The van der Waals surface area contributed by atoms with Crippen molar-refractivity contribution in [2.24, 2.45) is 0 Å². The van der Waals surface area contributed by atoms with E-state index in [-0.39, 0.29) is 17.9 Å². The highest BCUT2D eigenvalue weighted by Gasteiger charge is 2.47. The van der Waals surface area contributed by atoms with E-state index in [1.54, 1.807) is 62.1 Å². The van der Waals surface area contributed by atoms with Crippen molar-refractivity contribution in [3.8, 4) is 17.2 Å². The quantitative estimate of drug-likeness (QED) is 0.286. The summed E-state index contributed by atoms with van der Waals surface area (Å²) in [5.41, 5.74) is 0.937. The molecule has 0 aliphatic carbocycles. The van der Waals surface area contributed by atoms with Crippen LogP contribution in [0.25, 0.3) is 5.76 Å². The van der Waals surface area contributed by atoms with Crippen molar-refractivity contribution in [2.75, 3.05) is 27.9 Å². The first kappa shape index (κ1) is 23.9. The largest absolute Gasteiger partial charge is 0.507 e. The third-order valence-electron chi connectivity index (χ3n) is 6.01. The van der Waals surface area contributed by atoms with Crippen molar-refractivity contribution >= 4 is 17.4 Å². The first-order chi connectivity index (χ1) is 17.0. The predicted molar refractivity (Wildman–Crippen MR) is 128 cm³/mol. The molecule has 35 heavy (non-hydrogen) atoms. The second-order valence-electron chi connectivity index (χ2n) is 7.96. The molecule has 1 saturated heterocycles. The standard InChI is InChI=1S/C26H27N3O6/c1-33-18-10-8-17(9-11-18)23(30)21-22(19-6-4-7-20(34-2)25(19)35-3)29(26(32)24(21)31)14-5-13-28-15-12-27-16-28/h4,6-12,15-16,22,30H,5,13-14H2,1-3H3/t22-/m0/s1. The van der Waals surface area contributed by atoms with Crippen LogP contribution in [0.1, 0.15) is 23.6 Å². The molecule has 1 aliphatic heterocycles. The summed E-state index contributed by atoms with van der Waals surface area (Å²) in [4.78, 5) is 32.0. The number of benzene rings is 2. The lowest BCUT2D eigenvalue weighted by Gasteiger charge is -2.27. The van der Waals surface area contributed by atoms with E-state index in [2.05, 4.69) is 4.98 Å². The molecule has 9 heteroatoms. The molecule has 1 N–H and O–H groups in total. The average molecular weight is 478 g/mol. The lowest BCUT2D eigenvalue weighted by Crippen LogP contribution is -2.31. The molecule has 1 aromatic heterocycles. The number of aryl methyl sites for hydroxylation is 1. The normalized spacial score (nSPS) is 17.0. The third-order valence-corrected chi connectivity index (χ3v) is 6.01. The number of hydrogen-bond donors (Lipinski definition) is 1. The van der Waals surface area contributed by atoms with Crippen molar-refractivity contribution < 1.29 is 28.9 Å². The van der Waals surface area contributed by atoms with Crippen LogP contribution in [-0.4, -0.2) is 59.1 Å². The molecule has 9 nitrogen and oxygen atoms in total. The lowest BCUT2D eigenvalue weighted by molar-refractivity contribution is -0.140. The van der Waals surface area contributed by atoms with Crippen molar-refractivity contribution in [2.45, 2.75) is 19.0 Å². The minimum Gasteiger partial charge on any atom is -0.507 e. The Morgan fingerprint density at radius 1 is 1.00 bits per heavy atom. The van der Waals surface area contributed by atoms with Gasteiger partial charge in [-0.15, -0.1) is 0 Å². The van der Waals surface area contributed by atoms with Crippen LogP contribution in [0.15, 0.2) is 66.8 Å². The molecular formula is C26H27N3O6. The summed E-state index contributed by atoms with van der Waals surface area (Å²) >= 11 is 0. The minimum atomic E-state index is -0.857. The minimum absolute atomic E-state index is 0.00523. The van der Waals surface area contributed by atoms with E-state index in [0.717, 1.165) is 0 Å². The molecule has 0 bridgehead atoms. The van der Waals surface area contributed by atoms with Crippen LogP contribution in [0.5, 0.6) is 17.2 Å². The van der Waals surface area contributed by atoms with Crippen molar-refractivity contribution in [3.63, 3.8) is 0 Å². The number of ketones is 1. The Kier molecular flexibility index (Phi) is 7.05. The van der Waals surface area contributed by atoms with Gasteiger partial charge < -0.3 is 28.8 Å². The highest BCUT2D eigenvalue weighted by atomic mass is 16.5. The van der Waals surface area contributed by atoms with Crippen molar-refractivity contribution in [1.82, 2.24) is 14.5 Å². The maximum absolute atomic E-state index is 13.3. The molecule has 2 heterocycles. The molecule has 182 valence electrons. The van der Waals surface area contributed by atoms with E-state index in [4.69, 9.17) is 14.2 Å². The Bertz CT molecular complexity index is 1230. The Morgan fingerprint density at radius 3 is 2.40 bits per heavy atom. The number of aromatic nitrogens is 2. The van der Waals surface area contributed by atoms with Crippen LogP contribution in [0, 0.1) is 0 Å². The van der Waals surface area contributed by atoms with Gasteiger partial charge in [-0.2, -0.15) is 0 Å². The smallest absolute Gasteiger partial charge is 0.295 e. The van der Waals surface area contributed by atoms with Gasteiger partial charge in [-0.25, -0.2) is 4.98 Å². The molecule has 2 aromatic carbocycles. The molecule has 0 radical (unpaired) electrons. The maximum Gasteiger partial charge on any atom is 0.295 e. The monoisotopic (exact) mass is 477 g/mol. The summed E-state index contributed by atoms with van der Waals surface area (Å²) in [6.07, 6.45) is 5.79. The molecule has 0 unspecified atom stereocenters. The number of imidazole rings is 1. The van der Waals surface area contributed by atoms with Gasteiger partial charge >= 0.3 is 0 Å². The van der Waals surface area contributed by atoms with Gasteiger partial charge in [0.2, 0.25) is 0 Å². The summed E-state index contributed by atoms with van der Waals surface area (Å²) in [7, 11) is 4.55. The second kappa shape index (κ2) is 10.3. The van der Waals surface area contributed by atoms with Gasteiger partial charge in [0, 0.05) is 36.6 Å². The number of carbonyl (C=O) groups excluding carboxylic acids is 2. The molecule has 1 atom stereocenters. The molecule has 1 fully saturated rings. The van der Waals surface area contributed by atoms with Crippen LogP contribution < -0.4 is 14.2 Å². The average Bonchev–Trinajstić information content (AvgIpc) is 3.50. The lowest BCUT2D eigenvalue weighted by atomic mass is 9.94. The first-order valence-corrected chi connectivity index (χ1v) is 11.1.